The lowest BCUT2D eigenvalue weighted by atomic mass is 10.2. The van der Waals surface area contributed by atoms with E-state index in [0.717, 1.165) is 16.3 Å². The summed E-state index contributed by atoms with van der Waals surface area (Å²) in [5.74, 6) is -0.599. The fraction of sp³-hybridized carbons (Fsp3) is 0.250. The third-order valence-electron chi connectivity index (χ3n) is 3.70. The molecule has 0 atom stereocenters. The second-order valence-corrected chi connectivity index (χ2v) is 6.72. The molecule has 12 heteroatoms. The Morgan fingerprint density at radius 1 is 1.21 bits per heavy atom. The van der Waals surface area contributed by atoms with Crippen LogP contribution in [0.3, 0.4) is 0 Å². The lowest BCUT2D eigenvalue weighted by Gasteiger charge is -2.05. The molecule has 0 spiro atoms. The third-order valence-corrected chi connectivity index (χ3v) is 4.29. The number of anilines is 1. The zero-order chi connectivity index (χ0) is 20.5. The Kier molecular flexibility index (Phi) is 5.61. The van der Waals surface area contributed by atoms with Gasteiger partial charge in [0.15, 0.2) is 5.69 Å². The van der Waals surface area contributed by atoms with E-state index >= 15 is 0 Å². The van der Waals surface area contributed by atoms with E-state index in [0.29, 0.717) is 16.6 Å². The minimum absolute atomic E-state index is 0.0101. The Labute approximate surface area is 167 Å². The molecule has 0 saturated heterocycles. The number of aromatic nitrogens is 5. The Balaban J connectivity index is 1.63. The zero-order valence-corrected chi connectivity index (χ0v) is 15.8. The highest BCUT2D eigenvalue weighted by Crippen LogP contribution is 2.28. The van der Waals surface area contributed by atoms with Gasteiger partial charge in [0.1, 0.15) is 12.9 Å². The van der Waals surface area contributed by atoms with E-state index < -0.39 is 24.3 Å². The van der Waals surface area contributed by atoms with Crippen LogP contribution >= 0.6 is 23.2 Å². The fourth-order valence-corrected chi connectivity index (χ4v) is 2.83. The summed E-state index contributed by atoms with van der Waals surface area (Å²) in [6.07, 6.45) is -3.18. The lowest BCUT2D eigenvalue weighted by Crippen LogP contribution is -2.21. The number of carbonyl (C=O) groups excluding carboxylic acids is 1. The minimum atomic E-state index is -4.57. The highest BCUT2D eigenvalue weighted by atomic mass is 35.5. The van der Waals surface area contributed by atoms with Gasteiger partial charge in [-0.3, -0.25) is 14.8 Å². The topological polar surface area (TPSA) is 77.6 Å². The zero-order valence-electron chi connectivity index (χ0n) is 14.3. The highest BCUT2D eigenvalue weighted by molar-refractivity contribution is 6.35. The van der Waals surface area contributed by atoms with Gasteiger partial charge in [-0.05, 0) is 30.7 Å². The average Bonchev–Trinajstić information content (AvgIpc) is 3.17. The molecule has 0 aliphatic heterocycles. The number of benzene rings is 1. The van der Waals surface area contributed by atoms with Crippen LogP contribution in [0.2, 0.25) is 10.0 Å². The maximum absolute atomic E-state index is 12.7. The van der Waals surface area contributed by atoms with Crippen molar-refractivity contribution in [3.63, 3.8) is 0 Å². The molecular weight excluding hydrogens is 420 g/mol. The molecule has 0 bridgehead atoms. The van der Waals surface area contributed by atoms with Gasteiger partial charge in [-0.2, -0.15) is 18.3 Å². The monoisotopic (exact) mass is 432 g/mol. The van der Waals surface area contributed by atoms with Gasteiger partial charge < -0.3 is 0 Å². The summed E-state index contributed by atoms with van der Waals surface area (Å²) in [7, 11) is 0. The number of carbonyl (C=O) groups is 1. The number of alkyl halides is 3. The van der Waals surface area contributed by atoms with E-state index in [1.807, 2.05) is 0 Å². The number of amides is 1. The molecule has 2 aromatic heterocycles. The van der Waals surface area contributed by atoms with Crippen molar-refractivity contribution in [2.24, 2.45) is 0 Å². The molecule has 1 N–H and O–H groups in total. The molecule has 0 aliphatic rings. The van der Waals surface area contributed by atoms with Crippen molar-refractivity contribution in [2.75, 3.05) is 5.32 Å². The normalized spacial score (nSPS) is 11.6. The maximum Gasteiger partial charge on any atom is 0.435 e. The Bertz CT molecular complexity index is 1010. The van der Waals surface area contributed by atoms with E-state index in [-0.39, 0.29) is 11.6 Å². The average molecular weight is 433 g/mol. The standard InChI is InChI=1S/C16H13Cl2F3N6O/c1-9-4-13(16(19,20)21)24-27(9)7-14(28)23-15-22-8-26(25-15)6-10-2-3-11(17)5-12(10)18/h2-5,8H,6-7H2,1H3,(H,23,25,28). The van der Waals surface area contributed by atoms with Crippen LogP contribution in [0.25, 0.3) is 0 Å². The fourth-order valence-electron chi connectivity index (χ4n) is 2.36. The summed E-state index contributed by atoms with van der Waals surface area (Å²) in [6, 6.07) is 5.89. The van der Waals surface area contributed by atoms with E-state index in [1.165, 1.54) is 17.9 Å². The molecule has 7 nitrogen and oxygen atoms in total. The highest BCUT2D eigenvalue weighted by Gasteiger charge is 2.34. The Hall–Kier alpha value is -2.59. The molecule has 3 rings (SSSR count). The van der Waals surface area contributed by atoms with E-state index in [4.69, 9.17) is 23.2 Å². The van der Waals surface area contributed by atoms with E-state index in [9.17, 15) is 18.0 Å². The van der Waals surface area contributed by atoms with Crippen LogP contribution in [0.4, 0.5) is 19.1 Å². The van der Waals surface area contributed by atoms with Crippen LogP contribution in [0, 0.1) is 6.92 Å². The van der Waals surface area contributed by atoms with Gasteiger partial charge in [-0.25, -0.2) is 9.67 Å². The van der Waals surface area contributed by atoms with Crippen LogP contribution in [0.15, 0.2) is 30.6 Å². The summed E-state index contributed by atoms with van der Waals surface area (Å²) in [5, 5.41) is 10.9. The number of hydrogen-bond donors (Lipinski definition) is 1. The smallest absolute Gasteiger partial charge is 0.292 e. The van der Waals surface area contributed by atoms with E-state index in [2.05, 4.69) is 20.5 Å². The van der Waals surface area contributed by atoms with Gasteiger partial charge in [-0.15, -0.1) is 5.10 Å². The summed E-state index contributed by atoms with van der Waals surface area (Å²) in [6.45, 7) is 1.32. The van der Waals surface area contributed by atoms with Crippen molar-refractivity contribution in [2.45, 2.75) is 26.2 Å². The molecule has 148 valence electrons. The molecule has 28 heavy (non-hydrogen) atoms. The predicted octanol–water partition coefficient (Wildman–Crippen LogP) is 3.80. The molecule has 0 fully saturated rings. The van der Waals surface area contributed by atoms with Crippen molar-refractivity contribution >= 4 is 35.1 Å². The Morgan fingerprint density at radius 3 is 2.61 bits per heavy atom. The molecule has 3 aromatic rings. The summed E-state index contributed by atoms with van der Waals surface area (Å²) >= 11 is 12.0. The van der Waals surface area contributed by atoms with Crippen molar-refractivity contribution in [1.82, 2.24) is 24.5 Å². The first-order valence-corrected chi connectivity index (χ1v) is 8.62. The first kappa shape index (κ1) is 20.2. The summed E-state index contributed by atoms with van der Waals surface area (Å²) in [5.41, 5.74) is -0.0981. The van der Waals surface area contributed by atoms with Crippen LogP contribution in [0.5, 0.6) is 0 Å². The number of nitrogens with zero attached hydrogens (tertiary/aromatic N) is 5. The van der Waals surface area contributed by atoms with Gasteiger partial charge in [0.05, 0.1) is 6.54 Å². The van der Waals surface area contributed by atoms with Gasteiger partial charge in [0, 0.05) is 15.7 Å². The van der Waals surface area contributed by atoms with Crippen LogP contribution < -0.4 is 5.32 Å². The van der Waals surface area contributed by atoms with Crippen molar-refractivity contribution in [1.29, 1.82) is 0 Å². The van der Waals surface area contributed by atoms with Crippen molar-refractivity contribution < 1.29 is 18.0 Å². The molecule has 0 unspecified atom stereocenters. The lowest BCUT2D eigenvalue weighted by molar-refractivity contribution is -0.141. The maximum atomic E-state index is 12.7. The SMILES string of the molecule is Cc1cc(C(F)(F)F)nn1CC(=O)Nc1ncn(Cc2ccc(Cl)cc2Cl)n1. The number of rotatable bonds is 5. The number of hydrogen-bond acceptors (Lipinski definition) is 4. The molecular formula is C16H13Cl2F3N6O. The minimum Gasteiger partial charge on any atom is -0.292 e. The Morgan fingerprint density at radius 2 is 1.96 bits per heavy atom. The molecule has 1 amide bonds. The van der Waals surface area contributed by atoms with Crippen LogP contribution in [0.1, 0.15) is 17.0 Å². The summed E-state index contributed by atoms with van der Waals surface area (Å²) < 4.78 is 40.5. The number of halogens is 5. The largest absolute Gasteiger partial charge is 0.435 e. The molecule has 0 aliphatic carbocycles. The third kappa shape index (κ3) is 4.82. The second-order valence-electron chi connectivity index (χ2n) is 5.88. The quantitative estimate of drug-likeness (QED) is 0.664. The second kappa shape index (κ2) is 7.80. The van der Waals surface area contributed by atoms with Crippen LogP contribution in [-0.2, 0) is 24.1 Å². The van der Waals surface area contributed by atoms with Gasteiger partial charge in [0.25, 0.3) is 0 Å². The number of nitrogens with one attached hydrogen (secondary N) is 1. The van der Waals surface area contributed by atoms with Crippen molar-refractivity contribution in [3.05, 3.63) is 57.6 Å². The van der Waals surface area contributed by atoms with Crippen LogP contribution in [-0.4, -0.2) is 30.5 Å². The van der Waals surface area contributed by atoms with E-state index in [1.54, 1.807) is 18.2 Å². The van der Waals surface area contributed by atoms with Crippen molar-refractivity contribution in [3.8, 4) is 0 Å². The molecule has 0 radical (unpaired) electrons. The first-order valence-electron chi connectivity index (χ1n) is 7.86. The summed E-state index contributed by atoms with van der Waals surface area (Å²) in [4.78, 5) is 16.0. The van der Waals surface area contributed by atoms with Gasteiger partial charge in [0.2, 0.25) is 11.9 Å². The number of aryl methyl sites for hydroxylation is 1. The molecule has 0 saturated carbocycles. The predicted molar refractivity (Wildman–Crippen MR) is 96.2 cm³/mol. The first-order chi connectivity index (χ1) is 13.1. The van der Waals surface area contributed by atoms with Gasteiger partial charge >= 0.3 is 6.18 Å². The molecule has 2 heterocycles. The molecule has 1 aromatic carbocycles. The van der Waals surface area contributed by atoms with Gasteiger partial charge in [-0.1, -0.05) is 29.3 Å².